The van der Waals surface area contributed by atoms with Crippen LogP contribution in [0.2, 0.25) is 0 Å². The number of benzene rings is 2. The number of halogens is 3. The van der Waals surface area contributed by atoms with Gasteiger partial charge in [-0.15, -0.1) is 11.3 Å². The zero-order chi connectivity index (χ0) is 21.3. The molecule has 0 saturated carbocycles. The molecule has 2 aromatic carbocycles. The van der Waals surface area contributed by atoms with Crippen molar-refractivity contribution in [3.63, 3.8) is 0 Å². The van der Waals surface area contributed by atoms with E-state index in [4.69, 9.17) is 0 Å². The van der Waals surface area contributed by atoms with Crippen molar-refractivity contribution < 1.29 is 32.6 Å². The van der Waals surface area contributed by atoms with Crippen LogP contribution in [0, 0.1) is 24.4 Å². The van der Waals surface area contributed by atoms with E-state index in [1.54, 1.807) is 18.2 Å². The first-order valence-electron chi connectivity index (χ1n) is 8.19. The third-order valence-electron chi connectivity index (χ3n) is 4.13. The number of carboxylic acids is 1. The fourth-order valence-electron chi connectivity index (χ4n) is 2.78. The van der Waals surface area contributed by atoms with Crippen molar-refractivity contribution in [3.8, 4) is 16.9 Å². The van der Waals surface area contributed by atoms with Crippen LogP contribution in [0.3, 0.4) is 0 Å². The molecule has 0 radical (unpaired) electrons. The van der Waals surface area contributed by atoms with E-state index in [1.165, 1.54) is 5.38 Å². The zero-order valence-corrected chi connectivity index (χ0v) is 16.0. The van der Waals surface area contributed by atoms with Crippen molar-refractivity contribution in [2.45, 2.75) is 6.92 Å². The maximum absolute atomic E-state index is 14.3. The van der Waals surface area contributed by atoms with Gasteiger partial charge in [-0.05, 0) is 18.6 Å². The highest BCUT2D eigenvalue weighted by Gasteiger charge is 2.26. The second kappa shape index (κ2) is 7.96. The number of carbonyl (C=O) groups excluding carboxylic acids is 1. The second-order valence-corrected chi connectivity index (χ2v) is 6.93. The molecule has 0 aliphatic heterocycles. The Morgan fingerprint density at radius 1 is 1.14 bits per heavy atom. The number of aromatic carboxylic acids is 1. The molecule has 5 nitrogen and oxygen atoms in total. The maximum Gasteiger partial charge on any atom is 0.339 e. The van der Waals surface area contributed by atoms with E-state index in [1.807, 2.05) is 13.0 Å². The number of methoxy groups -OCH3 is 1. The molecule has 0 fully saturated rings. The fourth-order valence-corrected chi connectivity index (χ4v) is 3.74. The molecule has 3 aromatic rings. The minimum atomic E-state index is -1.56. The summed E-state index contributed by atoms with van der Waals surface area (Å²) in [5.74, 6) is -7.91. The quantitative estimate of drug-likeness (QED) is 0.562. The number of amides is 1. The zero-order valence-electron chi connectivity index (χ0n) is 15.2. The standard InChI is InChI=1S/C20H14F3NO4S/c1-9-4-3-5-10(6-9)12-8-29-19(14(12)20(26)27)24-18(25)11-7-13(21)16(23)17(28-2)15(11)22/h3-8H,1-2H3,(H,24,25)(H,26,27). The van der Waals surface area contributed by atoms with Crippen molar-refractivity contribution in [3.05, 3.63) is 69.9 Å². The van der Waals surface area contributed by atoms with Crippen LogP contribution in [0.1, 0.15) is 26.3 Å². The smallest absolute Gasteiger partial charge is 0.339 e. The van der Waals surface area contributed by atoms with E-state index in [-0.39, 0.29) is 10.6 Å². The van der Waals surface area contributed by atoms with Gasteiger partial charge in [-0.2, -0.15) is 4.39 Å². The predicted molar refractivity (Wildman–Crippen MR) is 102 cm³/mol. The number of carboxylic acid groups (broad SMARTS) is 1. The van der Waals surface area contributed by atoms with E-state index in [9.17, 15) is 27.9 Å². The van der Waals surface area contributed by atoms with Crippen LogP contribution in [-0.2, 0) is 0 Å². The van der Waals surface area contributed by atoms with Crippen LogP contribution >= 0.6 is 11.3 Å². The van der Waals surface area contributed by atoms with Gasteiger partial charge >= 0.3 is 5.97 Å². The Kier molecular flexibility index (Phi) is 5.60. The first-order chi connectivity index (χ1) is 13.7. The van der Waals surface area contributed by atoms with Gasteiger partial charge in [-0.1, -0.05) is 29.8 Å². The Labute approximate surface area is 167 Å². The van der Waals surface area contributed by atoms with E-state index in [0.29, 0.717) is 17.2 Å². The molecular formula is C20H14F3NO4S. The number of thiophene rings is 1. The molecule has 0 aliphatic carbocycles. The Bertz CT molecular complexity index is 1130. The summed E-state index contributed by atoms with van der Waals surface area (Å²) < 4.78 is 46.1. The summed E-state index contributed by atoms with van der Waals surface area (Å²) in [6.07, 6.45) is 0. The van der Waals surface area contributed by atoms with Gasteiger partial charge in [0.25, 0.3) is 5.91 Å². The van der Waals surface area contributed by atoms with Gasteiger partial charge in [0.2, 0.25) is 5.82 Å². The van der Waals surface area contributed by atoms with E-state index >= 15 is 0 Å². The summed E-state index contributed by atoms with van der Waals surface area (Å²) in [5.41, 5.74) is 0.891. The lowest BCUT2D eigenvalue weighted by Crippen LogP contribution is -2.16. The average molecular weight is 421 g/mol. The molecule has 0 unspecified atom stereocenters. The third kappa shape index (κ3) is 3.81. The summed E-state index contributed by atoms with van der Waals surface area (Å²) in [4.78, 5) is 24.3. The number of carbonyl (C=O) groups is 2. The van der Waals surface area contributed by atoms with Crippen LogP contribution in [0.15, 0.2) is 35.7 Å². The lowest BCUT2D eigenvalue weighted by Gasteiger charge is -2.10. The van der Waals surface area contributed by atoms with Crippen LogP contribution in [0.4, 0.5) is 18.2 Å². The topological polar surface area (TPSA) is 75.6 Å². The Morgan fingerprint density at radius 2 is 1.86 bits per heavy atom. The first kappa shape index (κ1) is 20.4. The molecule has 0 aliphatic rings. The van der Waals surface area contributed by atoms with Crippen molar-refractivity contribution >= 4 is 28.2 Å². The molecule has 0 bridgehead atoms. The molecule has 0 saturated heterocycles. The van der Waals surface area contributed by atoms with Crippen molar-refractivity contribution in [1.29, 1.82) is 0 Å². The van der Waals surface area contributed by atoms with Crippen molar-refractivity contribution in [2.75, 3.05) is 12.4 Å². The van der Waals surface area contributed by atoms with E-state index in [0.717, 1.165) is 24.0 Å². The Balaban J connectivity index is 2.03. The van der Waals surface area contributed by atoms with Gasteiger partial charge in [0.05, 0.1) is 12.7 Å². The SMILES string of the molecule is COc1c(F)c(F)cc(C(=O)Nc2scc(-c3cccc(C)c3)c2C(=O)O)c1F. The molecule has 1 aromatic heterocycles. The summed E-state index contributed by atoms with van der Waals surface area (Å²) in [6.45, 7) is 1.85. The van der Waals surface area contributed by atoms with Crippen LogP contribution in [0.5, 0.6) is 5.75 Å². The van der Waals surface area contributed by atoms with Gasteiger partial charge in [-0.3, -0.25) is 4.79 Å². The van der Waals surface area contributed by atoms with E-state index in [2.05, 4.69) is 10.1 Å². The second-order valence-electron chi connectivity index (χ2n) is 6.05. The van der Waals surface area contributed by atoms with Crippen LogP contribution in [0.25, 0.3) is 11.1 Å². The number of hydrogen-bond donors (Lipinski definition) is 2. The molecule has 150 valence electrons. The van der Waals surface area contributed by atoms with Crippen LogP contribution in [-0.4, -0.2) is 24.1 Å². The average Bonchev–Trinajstić information content (AvgIpc) is 3.09. The highest BCUT2D eigenvalue weighted by atomic mass is 32.1. The summed E-state index contributed by atoms with van der Waals surface area (Å²) in [6, 6.07) is 7.48. The number of hydrogen-bond acceptors (Lipinski definition) is 4. The minimum Gasteiger partial charge on any atom is -0.491 e. The molecule has 0 spiro atoms. The number of anilines is 1. The third-order valence-corrected chi connectivity index (χ3v) is 5.02. The normalized spacial score (nSPS) is 10.7. The summed E-state index contributed by atoms with van der Waals surface area (Å²) >= 11 is 0.917. The number of rotatable bonds is 5. The molecule has 1 heterocycles. The highest BCUT2D eigenvalue weighted by molar-refractivity contribution is 7.15. The summed E-state index contributed by atoms with van der Waals surface area (Å²) in [5, 5.41) is 13.4. The number of ether oxygens (including phenoxy) is 1. The monoisotopic (exact) mass is 421 g/mol. The van der Waals surface area contributed by atoms with Gasteiger partial charge in [0.1, 0.15) is 10.6 Å². The van der Waals surface area contributed by atoms with Crippen molar-refractivity contribution in [2.24, 2.45) is 0 Å². The van der Waals surface area contributed by atoms with Gasteiger partial charge in [-0.25, -0.2) is 13.6 Å². The predicted octanol–water partition coefficient (Wildman–Crippen LogP) is 5.10. The van der Waals surface area contributed by atoms with Crippen LogP contribution < -0.4 is 10.1 Å². The lowest BCUT2D eigenvalue weighted by molar-refractivity contribution is 0.0699. The molecule has 0 atom stereocenters. The molecule has 9 heteroatoms. The highest BCUT2D eigenvalue weighted by Crippen LogP contribution is 2.36. The largest absolute Gasteiger partial charge is 0.491 e. The van der Waals surface area contributed by atoms with Crippen molar-refractivity contribution in [1.82, 2.24) is 0 Å². The number of nitrogens with one attached hydrogen (secondary N) is 1. The molecule has 29 heavy (non-hydrogen) atoms. The van der Waals surface area contributed by atoms with Gasteiger partial charge < -0.3 is 15.2 Å². The molecule has 2 N–H and O–H groups in total. The molecule has 3 rings (SSSR count). The lowest BCUT2D eigenvalue weighted by atomic mass is 10.0. The van der Waals surface area contributed by atoms with E-state index < -0.39 is 40.6 Å². The fraction of sp³-hybridized carbons (Fsp3) is 0.100. The van der Waals surface area contributed by atoms with Gasteiger partial charge in [0.15, 0.2) is 17.4 Å². The molecule has 1 amide bonds. The Morgan fingerprint density at radius 3 is 2.48 bits per heavy atom. The summed E-state index contributed by atoms with van der Waals surface area (Å²) in [7, 11) is 0.929. The maximum atomic E-state index is 14.3. The molecular weight excluding hydrogens is 407 g/mol. The number of aryl methyl sites for hydroxylation is 1. The minimum absolute atomic E-state index is 0.0675. The Hall–Kier alpha value is -3.33. The van der Waals surface area contributed by atoms with Gasteiger partial charge in [0, 0.05) is 10.9 Å². The first-order valence-corrected chi connectivity index (χ1v) is 9.07.